The van der Waals surface area contributed by atoms with E-state index in [0.29, 0.717) is 0 Å². The van der Waals surface area contributed by atoms with Gasteiger partial charge in [0.1, 0.15) is 0 Å². The summed E-state index contributed by atoms with van der Waals surface area (Å²) in [6.07, 6.45) is 5.40. The molecular weight excluding hydrogens is 261 g/mol. The smallest absolute Gasteiger partial charge is 0.241 e. The van der Waals surface area contributed by atoms with Crippen molar-refractivity contribution >= 4 is 36.4 Å². The van der Waals surface area contributed by atoms with E-state index in [-0.39, 0.29) is 36.8 Å². The van der Waals surface area contributed by atoms with E-state index in [1.165, 1.54) is 0 Å². The third-order valence-electron chi connectivity index (χ3n) is 2.67. The quantitative estimate of drug-likeness (QED) is 0.869. The van der Waals surface area contributed by atoms with Crippen molar-refractivity contribution in [3.05, 3.63) is 24.0 Å². The van der Waals surface area contributed by atoms with Gasteiger partial charge in [0.25, 0.3) is 0 Å². The minimum Gasteiger partial charge on any atom is -0.323 e. The van der Waals surface area contributed by atoms with Crippen LogP contribution in [0.4, 0.5) is 5.69 Å². The van der Waals surface area contributed by atoms with Crippen molar-refractivity contribution in [2.75, 3.05) is 11.9 Å². The number of pyridine rings is 1. The number of anilines is 1. The molecule has 17 heavy (non-hydrogen) atoms. The van der Waals surface area contributed by atoms with Crippen molar-refractivity contribution in [3.8, 4) is 0 Å². The molecule has 96 valence electrons. The first kappa shape index (κ1) is 16.2. The second-order valence-electron chi connectivity index (χ2n) is 3.83. The van der Waals surface area contributed by atoms with E-state index in [2.05, 4.69) is 15.6 Å². The van der Waals surface area contributed by atoms with Crippen LogP contribution in [-0.2, 0) is 4.79 Å². The summed E-state index contributed by atoms with van der Waals surface area (Å²) in [5.41, 5.74) is 1.84. The van der Waals surface area contributed by atoms with Crippen molar-refractivity contribution < 1.29 is 4.79 Å². The number of aromatic nitrogens is 1. The standard InChI is InChI=1S/C11H15N3O.2ClH/c1-8-4-6-12-7-10(8)14-11(15)9-3-2-5-13-9;;/h4,6-7,9,13H,2-3,5H2,1H3,(H,14,15);2*1H. The van der Waals surface area contributed by atoms with Gasteiger partial charge >= 0.3 is 0 Å². The van der Waals surface area contributed by atoms with Crippen molar-refractivity contribution in [1.29, 1.82) is 0 Å². The molecule has 1 atom stereocenters. The van der Waals surface area contributed by atoms with Gasteiger partial charge in [0, 0.05) is 6.20 Å². The Balaban J connectivity index is 0.00000128. The SMILES string of the molecule is Cc1ccncc1NC(=O)C1CCCN1.Cl.Cl. The first-order chi connectivity index (χ1) is 7.27. The third-order valence-corrected chi connectivity index (χ3v) is 2.67. The van der Waals surface area contributed by atoms with Crippen LogP contribution in [0.2, 0.25) is 0 Å². The van der Waals surface area contributed by atoms with E-state index in [1.807, 2.05) is 13.0 Å². The van der Waals surface area contributed by atoms with Crippen molar-refractivity contribution in [3.63, 3.8) is 0 Å². The average molecular weight is 278 g/mol. The third kappa shape index (κ3) is 4.15. The highest BCUT2D eigenvalue weighted by Crippen LogP contribution is 2.13. The van der Waals surface area contributed by atoms with Crippen molar-refractivity contribution in [1.82, 2.24) is 10.3 Å². The number of hydrogen-bond acceptors (Lipinski definition) is 3. The normalized spacial score (nSPS) is 17.8. The van der Waals surface area contributed by atoms with Crippen LogP contribution in [0.1, 0.15) is 18.4 Å². The topological polar surface area (TPSA) is 54.0 Å². The summed E-state index contributed by atoms with van der Waals surface area (Å²) in [5.74, 6) is 0.0450. The molecule has 0 spiro atoms. The van der Waals surface area contributed by atoms with Crippen molar-refractivity contribution in [2.24, 2.45) is 0 Å². The Kier molecular flexibility index (Phi) is 7.11. The minimum atomic E-state index is -0.0374. The molecule has 6 heteroatoms. The zero-order valence-corrected chi connectivity index (χ0v) is 11.2. The molecule has 1 saturated heterocycles. The second-order valence-corrected chi connectivity index (χ2v) is 3.83. The Labute approximate surface area is 113 Å². The maximum absolute atomic E-state index is 11.8. The van der Waals surface area contributed by atoms with Crippen LogP contribution in [0.3, 0.4) is 0 Å². The lowest BCUT2D eigenvalue weighted by molar-refractivity contribution is -0.117. The Morgan fingerprint density at radius 2 is 2.29 bits per heavy atom. The molecule has 2 rings (SSSR count). The van der Waals surface area contributed by atoms with Crippen LogP contribution in [0.25, 0.3) is 0 Å². The molecule has 0 aromatic carbocycles. The number of amides is 1. The van der Waals surface area contributed by atoms with E-state index in [0.717, 1.165) is 30.6 Å². The van der Waals surface area contributed by atoms with Gasteiger partial charge in [0.2, 0.25) is 5.91 Å². The molecule has 2 heterocycles. The highest BCUT2D eigenvalue weighted by molar-refractivity contribution is 5.95. The van der Waals surface area contributed by atoms with Gasteiger partial charge in [-0.1, -0.05) is 0 Å². The Bertz CT molecular complexity index is 367. The molecule has 1 aliphatic rings. The summed E-state index contributed by atoms with van der Waals surface area (Å²) in [6.45, 7) is 2.89. The average Bonchev–Trinajstić information content (AvgIpc) is 2.74. The summed E-state index contributed by atoms with van der Waals surface area (Å²) in [6, 6.07) is 1.85. The number of aryl methyl sites for hydroxylation is 1. The van der Waals surface area contributed by atoms with Gasteiger partial charge in [-0.3, -0.25) is 9.78 Å². The molecule has 4 nitrogen and oxygen atoms in total. The molecule has 1 aromatic heterocycles. The number of carbonyl (C=O) groups is 1. The summed E-state index contributed by atoms with van der Waals surface area (Å²) in [7, 11) is 0. The molecule has 2 N–H and O–H groups in total. The number of carbonyl (C=O) groups excluding carboxylic acids is 1. The largest absolute Gasteiger partial charge is 0.323 e. The van der Waals surface area contributed by atoms with Crippen molar-refractivity contribution in [2.45, 2.75) is 25.8 Å². The van der Waals surface area contributed by atoms with E-state index in [1.54, 1.807) is 12.4 Å². The summed E-state index contributed by atoms with van der Waals surface area (Å²) in [5, 5.41) is 6.05. The van der Waals surface area contributed by atoms with Crippen LogP contribution in [-0.4, -0.2) is 23.5 Å². The zero-order valence-electron chi connectivity index (χ0n) is 9.60. The second kappa shape index (κ2) is 7.48. The molecule has 0 radical (unpaired) electrons. The maximum Gasteiger partial charge on any atom is 0.241 e. The zero-order chi connectivity index (χ0) is 10.7. The molecule has 0 aliphatic carbocycles. The first-order valence-corrected chi connectivity index (χ1v) is 5.22. The van der Waals surface area contributed by atoms with Gasteiger partial charge in [0.15, 0.2) is 0 Å². The van der Waals surface area contributed by atoms with E-state index >= 15 is 0 Å². The fraction of sp³-hybridized carbons (Fsp3) is 0.455. The van der Waals surface area contributed by atoms with Gasteiger partial charge in [-0.15, -0.1) is 24.8 Å². The summed E-state index contributed by atoms with van der Waals surface area (Å²) < 4.78 is 0. The lowest BCUT2D eigenvalue weighted by Gasteiger charge is -2.12. The molecule has 0 bridgehead atoms. The summed E-state index contributed by atoms with van der Waals surface area (Å²) >= 11 is 0. The van der Waals surface area contributed by atoms with E-state index in [9.17, 15) is 4.79 Å². The highest BCUT2D eigenvalue weighted by atomic mass is 35.5. The molecule has 1 fully saturated rings. The van der Waals surface area contributed by atoms with Gasteiger partial charge in [-0.2, -0.15) is 0 Å². The highest BCUT2D eigenvalue weighted by Gasteiger charge is 2.22. The van der Waals surface area contributed by atoms with Crippen LogP contribution >= 0.6 is 24.8 Å². The van der Waals surface area contributed by atoms with E-state index < -0.39 is 0 Å². The van der Waals surface area contributed by atoms with Crippen LogP contribution < -0.4 is 10.6 Å². The molecule has 1 aromatic rings. The predicted octanol–water partition coefficient (Wildman–Crippen LogP) is 1.92. The maximum atomic E-state index is 11.8. The first-order valence-electron chi connectivity index (χ1n) is 5.22. The number of nitrogens with zero attached hydrogens (tertiary/aromatic N) is 1. The van der Waals surface area contributed by atoms with Gasteiger partial charge in [0.05, 0.1) is 17.9 Å². The molecule has 1 unspecified atom stereocenters. The number of rotatable bonds is 2. The van der Waals surface area contributed by atoms with E-state index in [4.69, 9.17) is 0 Å². The Hall–Kier alpha value is -0.840. The van der Waals surface area contributed by atoms with Gasteiger partial charge in [-0.25, -0.2) is 0 Å². The summed E-state index contributed by atoms with van der Waals surface area (Å²) in [4.78, 5) is 15.8. The Morgan fingerprint density at radius 1 is 1.53 bits per heavy atom. The lowest BCUT2D eigenvalue weighted by Crippen LogP contribution is -2.35. The molecular formula is C11H17Cl2N3O. The monoisotopic (exact) mass is 277 g/mol. The Morgan fingerprint density at radius 3 is 2.88 bits per heavy atom. The number of halogens is 2. The number of hydrogen-bond donors (Lipinski definition) is 2. The predicted molar refractivity (Wildman–Crippen MR) is 73.1 cm³/mol. The van der Waals surface area contributed by atoms with Crippen LogP contribution in [0.5, 0.6) is 0 Å². The van der Waals surface area contributed by atoms with Crippen LogP contribution in [0.15, 0.2) is 18.5 Å². The van der Waals surface area contributed by atoms with Crippen LogP contribution in [0, 0.1) is 6.92 Å². The fourth-order valence-electron chi connectivity index (χ4n) is 1.72. The minimum absolute atomic E-state index is 0. The fourth-order valence-corrected chi connectivity index (χ4v) is 1.72. The lowest BCUT2D eigenvalue weighted by atomic mass is 10.2. The molecule has 1 amide bonds. The molecule has 1 aliphatic heterocycles. The van der Waals surface area contributed by atoms with Gasteiger partial charge < -0.3 is 10.6 Å². The molecule has 0 saturated carbocycles. The number of nitrogens with one attached hydrogen (secondary N) is 2. The van der Waals surface area contributed by atoms with Gasteiger partial charge in [-0.05, 0) is 37.9 Å².